The number of hydrogen-bond donors (Lipinski definition) is 1. The van der Waals surface area contributed by atoms with Gasteiger partial charge in [0.1, 0.15) is 4.75 Å². The van der Waals surface area contributed by atoms with E-state index < -0.39 is 14.8 Å². The quantitative estimate of drug-likeness (QED) is 0.781. The molecule has 1 saturated heterocycles. The fourth-order valence-electron chi connectivity index (χ4n) is 2.45. The zero-order valence-corrected chi connectivity index (χ0v) is 9.80. The number of aliphatic hydroxyl groups excluding tert-OH is 1. The van der Waals surface area contributed by atoms with Crippen LogP contribution in [0, 0.1) is 0 Å². The molecule has 4 nitrogen and oxygen atoms in total. The zero-order valence-electron chi connectivity index (χ0n) is 8.98. The first kappa shape index (κ1) is 11.4. The smallest absolute Gasteiger partial charge is 0.222 e. The number of hydrogen-bond acceptors (Lipinski definition) is 3. The maximum atomic E-state index is 12.3. The van der Waals surface area contributed by atoms with Crippen molar-refractivity contribution in [3.63, 3.8) is 0 Å². The number of aliphatic hydroxyl groups is 1. The lowest BCUT2D eigenvalue weighted by Gasteiger charge is -2.43. The molecule has 0 aromatic heterocycles. The van der Waals surface area contributed by atoms with E-state index in [0.29, 0.717) is 25.9 Å². The zero-order chi connectivity index (χ0) is 10.9. The number of rotatable bonds is 3. The van der Waals surface area contributed by atoms with Crippen molar-refractivity contribution in [1.82, 2.24) is 4.31 Å². The van der Waals surface area contributed by atoms with Gasteiger partial charge in [0.15, 0.2) is 0 Å². The van der Waals surface area contributed by atoms with Crippen LogP contribution >= 0.6 is 0 Å². The summed E-state index contributed by atoms with van der Waals surface area (Å²) in [5.74, 6) is 0. The van der Waals surface area contributed by atoms with Gasteiger partial charge >= 0.3 is 0 Å². The van der Waals surface area contributed by atoms with Crippen LogP contribution in [-0.4, -0.2) is 42.3 Å². The lowest BCUT2D eigenvalue weighted by molar-refractivity contribution is 0.171. The Labute approximate surface area is 91.3 Å². The summed E-state index contributed by atoms with van der Waals surface area (Å²) in [5, 5.41) is 9.30. The van der Waals surface area contributed by atoms with Gasteiger partial charge in [-0.3, -0.25) is 0 Å². The highest BCUT2D eigenvalue weighted by Crippen LogP contribution is 2.41. The normalized spacial score (nSPS) is 27.3. The van der Waals surface area contributed by atoms with Gasteiger partial charge in [-0.05, 0) is 25.7 Å². The predicted octanol–water partition coefficient (Wildman–Crippen LogP) is 0.717. The highest BCUT2D eigenvalue weighted by atomic mass is 32.2. The second kappa shape index (κ2) is 4.03. The SMILES string of the molecule is O=S(=O)(N1CCCCC1)C1(CO)CCC1. The van der Waals surface area contributed by atoms with E-state index in [1.165, 1.54) is 0 Å². The molecule has 0 spiro atoms. The molecule has 0 aromatic rings. The molecule has 0 radical (unpaired) electrons. The molecule has 0 amide bonds. The van der Waals surface area contributed by atoms with Crippen LogP contribution in [0.1, 0.15) is 38.5 Å². The predicted molar refractivity (Wildman–Crippen MR) is 58.0 cm³/mol. The number of nitrogens with zero attached hydrogens (tertiary/aromatic N) is 1. The van der Waals surface area contributed by atoms with E-state index >= 15 is 0 Å². The average molecular weight is 233 g/mol. The lowest BCUT2D eigenvalue weighted by Crippen LogP contribution is -2.56. The molecule has 1 N–H and O–H groups in total. The maximum absolute atomic E-state index is 12.3. The molecule has 1 heterocycles. The third-order valence-corrected chi connectivity index (χ3v) is 6.43. The third-order valence-electron chi connectivity index (χ3n) is 3.76. The van der Waals surface area contributed by atoms with Crippen LogP contribution in [0.2, 0.25) is 0 Å². The van der Waals surface area contributed by atoms with Crippen molar-refractivity contribution in [2.24, 2.45) is 0 Å². The van der Waals surface area contributed by atoms with Gasteiger partial charge in [0, 0.05) is 13.1 Å². The largest absolute Gasteiger partial charge is 0.395 e. The fourth-order valence-corrected chi connectivity index (χ4v) is 4.70. The Balaban J connectivity index is 2.17. The Morgan fingerprint density at radius 3 is 2.07 bits per heavy atom. The molecule has 2 rings (SSSR count). The standard InChI is InChI=1S/C10H19NO3S/c12-9-10(5-4-6-10)15(13,14)11-7-2-1-3-8-11/h12H,1-9H2. The van der Waals surface area contributed by atoms with Crippen molar-refractivity contribution < 1.29 is 13.5 Å². The molecule has 2 fully saturated rings. The van der Waals surface area contributed by atoms with Crippen LogP contribution in [0.15, 0.2) is 0 Å². The van der Waals surface area contributed by atoms with E-state index in [4.69, 9.17) is 0 Å². The maximum Gasteiger partial charge on any atom is 0.222 e. The monoisotopic (exact) mass is 233 g/mol. The molecule has 88 valence electrons. The summed E-state index contributed by atoms with van der Waals surface area (Å²) in [6, 6.07) is 0. The van der Waals surface area contributed by atoms with Gasteiger partial charge in [0.05, 0.1) is 6.61 Å². The van der Waals surface area contributed by atoms with Crippen molar-refractivity contribution in [3.8, 4) is 0 Å². The van der Waals surface area contributed by atoms with E-state index in [1.54, 1.807) is 4.31 Å². The van der Waals surface area contributed by atoms with Gasteiger partial charge in [0.2, 0.25) is 10.0 Å². The molecule has 5 heteroatoms. The van der Waals surface area contributed by atoms with Crippen LogP contribution in [0.25, 0.3) is 0 Å². The molecular formula is C10H19NO3S. The van der Waals surface area contributed by atoms with Crippen molar-refractivity contribution >= 4 is 10.0 Å². The Morgan fingerprint density at radius 2 is 1.67 bits per heavy atom. The number of sulfonamides is 1. The Hall–Kier alpha value is -0.130. The molecule has 2 aliphatic rings. The molecule has 1 saturated carbocycles. The van der Waals surface area contributed by atoms with Crippen molar-refractivity contribution in [3.05, 3.63) is 0 Å². The summed E-state index contributed by atoms with van der Waals surface area (Å²) in [4.78, 5) is 0. The molecule has 0 bridgehead atoms. The van der Waals surface area contributed by atoms with Crippen LogP contribution in [0.3, 0.4) is 0 Å². The fraction of sp³-hybridized carbons (Fsp3) is 1.00. The summed E-state index contributed by atoms with van der Waals surface area (Å²) in [6.45, 7) is 1.07. The summed E-state index contributed by atoms with van der Waals surface area (Å²) in [6.07, 6.45) is 5.22. The Kier molecular flexibility index (Phi) is 3.05. The topological polar surface area (TPSA) is 57.6 Å². The Morgan fingerprint density at radius 1 is 1.07 bits per heavy atom. The third kappa shape index (κ3) is 1.70. The number of piperidine rings is 1. The van der Waals surface area contributed by atoms with Gasteiger partial charge in [-0.15, -0.1) is 0 Å². The average Bonchev–Trinajstić information content (AvgIpc) is 2.18. The summed E-state index contributed by atoms with van der Waals surface area (Å²) in [5.41, 5.74) is 0. The second-order valence-electron chi connectivity index (χ2n) is 4.66. The summed E-state index contributed by atoms with van der Waals surface area (Å²) in [7, 11) is -3.25. The van der Waals surface area contributed by atoms with E-state index in [2.05, 4.69) is 0 Å². The van der Waals surface area contributed by atoms with Crippen molar-refractivity contribution in [2.75, 3.05) is 19.7 Å². The van der Waals surface area contributed by atoms with E-state index in [9.17, 15) is 13.5 Å². The molecular weight excluding hydrogens is 214 g/mol. The first-order valence-electron chi connectivity index (χ1n) is 5.73. The molecule has 0 unspecified atom stereocenters. The molecule has 0 aromatic carbocycles. The van der Waals surface area contributed by atoms with Crippen molar-refractivity contribution in [1.29, 1.82) is 0 Å². The first-order chi connectivity index (χ1) is 7.12. The molecule has 0 atom stereocenters. The summed E-state index contributed by atoms with van der Waals surface area (Å²) < 4.78 is 25.3. The van der Waals surface area contributed by atoms with Gasteiger partial charge in [0.25, 0.3) is 0 Å². The van der Waals surface area contributed by atoms with Gasteiger partial charge < -0.3 is 5.11 Å². The highest BCUT2D eigenvalue weighted by molar-refractivity contribution is 7.90. The van der Waals surface area contributed by atoms with Crippen LogP contribution in [0.4, 0.5) is 0 Å². The first-order valence-corrected chi connectivity index (χ1v) is 7.17. The summed E-state index contributed by atoms with van der Waals surface area (Å²) >= 11 is 0. The minimum absolute atomic E-state index is 0.216. The molecule has 15 heavy (non-hydrogen) atoms. The van der Waals surface area contributed by atoms with Crippen molar-refractivity contribution in [2.45, 2.75) is 43.3 Å². The molecule has 1 aliphatic heterocycles. The second-order valence-corrected chi connectivity index (χ2v) is 6.99. The highest BCUT2D eigenvalue weighted by Gasteiger charge is 2.51. The minimum atomic E-state index is -3.25. The van der Waals surface area contributed by atoms with Crippen LogP contribution in [0.5, 0.6) is 0 Å². The van der Waals surface area contributed by atoms with E-state index in [0.717, 1.165) is 25.7 Å². The molecule has 1 aliphatic carbocycles. The van der Waals surface area contributed by atoms with Gasteiger partial charge in [-0.25, -0.2) is 12.7 Å². The van der Waals surface area contributed by atoms with E-state index in [-0.39, 0.29) is 6.61 Å². The van der Waals surface area contributed by atoms with Crippen LogP contribution in [-0.2, 0) is 10.0 Å². The van der Waals surface area contributed by atoms with Gasteiger partial charge in [-0.1, -0.05) is 12.8 Å². The van der Waals surface area contributed by atoms with Gasteiger partial charge in [-0.2, -0.15) is 0 Å². The van der Waals surface area contributed by atoms with E-state index in [1.807, 2.05) is 0 Å². The minimum Gasteiger partial charge on any atom is -0.395 e. The Bertz CT molecular complexity index is 310. The van der Waals surface area contributed by atoms with Crippen LogP contribution < -0.4 is 0 Å². The lowest BCUT2D eigenvalue weighted by atomic mass is 9.85.